The van der Waals surface area contributed by atoms with E-state index in [0.29, 0.717) is 63.4 Å². The number of ether oxygens (including phenoxy) is 5. The number of aliphatic carboxylic acids is 1. The lowest BCUT2D eigenvalue weighted by atomic mass is 10.1. The lowest BCUT2D eigenvalue weighted by Crippen LogP contribution is -2.52. The van der Waals surface area contributed by atoms with Gasteiger partial charge in [-0.25, -0.2) is 34.5 Å². The standard InChI is InChI=1S/C22H19N5O4.C13H11N3O4.C11H7N3O4.C9H7N3O.C7H4Br2N2/c1-31-17-13-24-16(11-23)19-18(17)15(12-25-19)20(28)22(30)27-9-7-26(8-10-27)21(29)14-5-3-2-4-6-14;1-3-20-13(18)12(17)7-5-16-11-8(4-14)15-6-9(19-2)10(7)11;1-18-7-4-13-6(2-12)9-8(7)5(3-14-9)10(15)11(16)17;1-13-8-5-12-7(4-10)9-6(8)2-3-11-9;8-5-3-11-7(9)6-4(5)1-2-10-6/h2-6,12-13,25H,7-10H2,1H3;5-6,16H,3H2,1-2H3;3-4,14H,1H3,(H,16,17);2-3,5,11H,1H3;1-3,10H. The fourth-order valence-corrected chi connectivity index (χ4v) is 10.3. The number of pyridine rings is 5. The number of Topliss-reactive ketones (excluding diaryl/α,β-unsaturated/α-hetero) is 3. The molecule has 0 saturated carbocycles. The Morgan fingerprint density at radius 2 is 0.935 bits per heavy atom. The van der Waals surface area contributed by atoms with Crippen LogP contribution in [-0.2, 0) is 19.1 Å². The highest BCUT2D eigenvalue weighted by atomic mass is 79.9. The predicted octanol–water partition coefficient (Wildman–Crippen LogP) is 8.04. The normalized spacial score (nSPS) is 11.3. The van der Waals surface area contributed by atoms with E-state index in [0.717, 1.165) is 30.9 Å². The smallest absolute Gasteiger partial charge is 0.379 e. The van der Waals surface area contributed by atoms with E-state index in [9.17, 15) is 38.8 Å². The molecule has 1 aromatic carbocycles. The van der Waals surface area contributed by atoms with E-state index in [-0.39, 0.29) is 76.0 Å². The molecule has 0 bridgehead atoms. The fourth-order valence-electron chi connectivity index (χ4n) is 9.43. The lowest BCUT2D eigenvalue weighted by molar-refractivity contribution is -0.137. The maximum atomic E-state index is 13.0. The van der Waals surface area contributed by atoms with Crippen molar-refractivity contribution in [1.82, 2.24) is 59.6 Å². The number of nitrogens with zero attached hydrogens (tertiary/aromatic N) is 11. The number of H-pyrrole nitrogens is 5. The van der Waals surface area contributed by atoms with Gasteiger partial charge in [0.15, 0.2) is 22.8 Å². The van der Waals surface area contributed by atoms with Crippen molar-refractivity contribution in [2.24, 2.45) is 0 Å². The van der Waals surface area contributed by atoms with Crippen LogP contribution in [0.1, 0.15) is 71.1 Å². The Bertz CT molecular complexity index is 4850. The Hall–Kier alpha value is -12.3. The Morgan fingerprint density at radius 1 is 0.516 bits per heavy atom. The second-order valence-corrected chi connectivity index (χ2v) is 20.5. The molecule has 468 valence electrons. The summed E-state index contributed by atoms with van der Waals surface area (Å²) in [5, 5.41) is 47.6. The van der Waals surface area contributed by atoms with Crippen LogP contribution in [-0.4, -0.2) is 167 Å². The minimum atomic E-state index is -1.58. The highest BCUT2D eigenvalue weighted by Gasteiger charge is 2.32. The summed E-state index contributed by atoms with van der Waals surface area (Å²) in [4.78, 5) is 121. The van der Waals surface area contributed by atoms with Gasteiger partial charge in [0, 0.05) is 84.2 Å². The quantitative estimate of drug-likeness (QED) is 0.0291. The van der Waals surface area contributed by atoms with Crippen molar-refractivity contribution in [3.63, 3.8) is 0 Å². The van der Waals surface area contributed by atoms with Crippen molar-refractivity contribution in [2.75, 3.05) is 61.2 Å². The molecule has 93 heavy (non-hydrogen) atoms. The molecule has 31 heteroatoms. The third-order valence-corrected chi connectivity index (χ3v) is 15.1. The molecule has 11 heterocycles. The highest BCUT2D eigenvalue weighted by Crippen LogP contribution is 2.34. The largest absolute Gasteiger partial charge is 0.494 e. The molecule has 1 saturated heterocycles. The van der Waals surface area contributed by atoms with Gasteiger partial charge in [0.25, 0.3) is 29.2 Å². The van der Waals surface area contributed by atoms with E-state index in [1.54, 1.807) is 61.8 Å². The lowest BCUT2D eigenvalue weighted by Gasteiger charge is -2.34. The second-order valence-electron chi connectivity index (χ2n) is 18.9. The molecule has 0 radical (unpaired) electrons. The number of ketones is 3. The van der Waals surface area contributed by atoms with Gasteiger partial charge < -0.3 is 63.5 Å². The maximum Gasteiger partial charge on any atom is 0.379 e. The first-order valence-electron chi connectivity index (χ1n) is 27.1. The minimum absolute atomic E-state index is 0.0618. The number of amides is 2. The number of halogens is 2. The van der Waals surface area contributed by atoms with Crippen molar-refractivity contribution in [2.45, 2.75) is 6.92 Å². The van der Waals surface area contributed by atoms with Crippen molar-refractivity contribution in [3.8, 4) is 47.3 Å². The first kappa shape index (κ1) is 66.6. The van der Waals surface area contributed by atoms with Crippen molar-refractivity contribution in [1.29, 1.82) is 21.0 Å². The van der Waals surface area contributed by atoms with Crippen LogP contribution in [0.2, 0.25) is 0 Å². The van der Waals surface area contributed by atoms with Crippen LogP contribution in [0.5, 0.6) is 23.0 Å². The van der Waals surface area contributed by atoms with E-state index < -0.39 is 35.2 Å². The Balaban J connectivity index is 0.000000157. The number of aromatic amines is 5. The van der Waals surface area contributed by atoms with Gasteiger partial charge in [-0.2, -0.15) is 21.0 Å². The zero-order valence-corrected chi connectivity index (χ0v) is 52.5. The van der Waals surface area contributed by atoms with E-state index in [1.807, 2.05) is 48.7 Å². The minimum Gasteiger partial charge on any atom is -0.494 e. The zero-order chi connectivity index (χ0) is 67.0. The van der Waals surface area contributed by atoms with Crippen LogP contribution in [0.15, 0.2) is 114 Å². The number of rotatable bonds is 12. The molecule has 1 aliphatic rings. The van der Waals surface area contributed by atoms with Gasteiger partial charge >= 0.3 is 11.9 Å². The number of aromatic nitrogens is 10. The number of esters is 1. The fraction of sp³-hybridized carbons (Fsp3) is 0.161. The topological polar surface area (TPSA) is 431 Å². The molecular weight excluding hydrogens is 1340 g/mol. The van der Waals surface area contributed by atoms with Crippen LogP contribution in [0.4, 0.5) is 0 Å². The average molecular weight is 1380 g/mol. The monoisotopic (exact) mass is 1380 g/mol. The Labute approximate surface area is 541 Å². The third kappa shape index (κ3) is 14.1. The Morgan fingerprint density at radius 3 is 1.38 bits per heavy atom. The summed E-state index contributed by atoms with van der Waals surface area (Å²) in [5.41, 5.74) is 4.14. The molecule has 0 unspecified atom stereocenters. The maximum absolute atomic E-state index is 13.0. The molecule has 2 amide bonds. The van der Waals surface area contributed by atoms with E-state index in [4.69, 9.17) is 39.8 Å². The van der Waals surface area contributed by atoms with Gasteiger partial charge in [-0.05, 0) is 63.0 Å². The first-order chi connectivity index (χ1) is 44.9. The summed E-state index contributed by atoms with van der Waals surface area (Å²) in [6, 6.07) is 20.5. The van der Waals surface area contributed by atoms with Crippen LogP contribution in [0.25, 0.3) is 54.5 Å². The number of hydrogen-bond acceptors (Lipinski definition) is 21. The number of nitriles is 4. The number of fused-ring (bicyclic) bond motifs is 5. The molecule has 1 aliphatic heterocycles. The second kappa shape index (κ2) is 30.3. The van der Waals surface area contributed by atoms with Gasteiger partial charge in [0.2, 0.25) is 0 Å². The van der Waals surface area contributed by atoms with Gasteiger partial charge in [-0.3, -0.25) is 24.0 Å². The van der Waals surface area contributed by atoms with E-state index in [1.165, 1.54) is 63.4 Å². The number of benzene rings is 1. The summed E-state index contributed by atoms with van der Waals surface area (Å²) < 4.78 is 27.0. The highest BCUT2D eigenvalue weighted by molar-refractivity contribution is 9.11. The SMILES string of the molecule is Brc1cnc(Br)c2[nH]ccc12.CCOC(=O)C(=O)c1c[nH]c2c(C#N)ncc(OC)c12.COc1cnc(C#N)c2[nH]cc(C(=O)C(=O)N3CCN(C(=O)c4ccccc4)CC3)c12.COc1cnc(C#N)c2[nH]cc(C(=O)C(=O)O)c12.COc1cnc(C#N)c2[nH]ccc12. The summed E-state index contributed by atoms with van der Waals surface area (Å²) in [7, 11) is 5.78. The zero-order valence-electron chi connectivity index (χ0n) is 49.4. The first-order valence-corrected chi connectivity index (χ1v) is 28.7. The summed E-state index contributed by atoms with van der Waals surface area (Å²) in [6.07, 6.45) is 14.9. The van der Waals surface area contributed by atoms with Gasteiger partial charge in [-0.15, -0.1) is 0 Å². The number of piperazine rings is 1. The number of nitrogens with one attached hydrogen (secondary N) is 5. The summed E-state index contributed by atoms with van der Waals surface area (Å²) in [6.45, 7) is 2.91. The molecule has 1 fully saturated rings. The number of carbonyl (C=O) groups is 7. The number of hydrogen-bond donors (Lipinski definition) is 6. The van der Waals surface area contributed by atoms with Gasteiger partial charge in [0.05, 0.1) is 120 Å². The van der Waals surface area contributed by atoms with Crippen molar-refractivity contribution in [3.05, 3.63) is 159 Å². The van der Waals surface area contributed by atoms with E-state index >= 15 is 0 Å². The molecule has 29 nitrogen and oxygen atoms in total. The average Bonchev–Trinajstić information content (AvgIpc) is 1.72. The third-order valence-electron chi connectivity index (χ3n) is 13.8. The summed E-state index contributed by atoms with van der Waals surface area (Å²) in [5.74, 6) is -4.37. The number of carboxylic acid groups (broad SMARTS) is 1. The van der Waals surface area contributed by atoms with Gasteiger partial charge in [-0.1, -0.05) is 18.2 Å². The van der Waals surface area contributed by atoms with Gasteiger partial charge in [0.1, 0.15) is 51.9 Å². The molecule has 0 spiro atoms. The number of carboxylic acids is 1. The molecule has 0 atom stereocenters. The number of carbonyl (C=O) groups excluding carboxylic acids is 6. The van der Waals surface area contributed by atoms with Crippen LogP contribution >= 0.6 is 31.9 Å². The summed E-state index contributed by atoms with van der Waals surface area (Å²) >= 11 is 6.75. The molecule has 11 aromatic rings. The Kier molecular flexibility index (Phi) is 21.7. The van der Waals surface area contributed by atoms with Crippen molar-refractivity contribution >= 4 is 127 Å². The van der Waals surface area contributed by atoms with Crippen LogP contribution in [0.3, 0.4) is 0 Å². The number of methoxy groups -OCH3 is 4. The van der Waals surface area contributed by atoms with E-state index in [2.05, 4.69) is 86.4 Å². The predicted molar refractivity (Wildman–Crippen MR) is 337 cm³/mol. The molecule has 6 N–H and O–H groups in total. The molecule has 0 aliphatic carbocycles. The van der Waals surface area contributed by atoms with Crippen LogP contribution in [0, 0.1) is 45.3 Å². The molecular formula is C62H48Br2N16O13. The molecule has 12 rings (SSSR count). The van der Waals surface area contributed by atoms with Crippen molar-refractivity contribution < 1.29 is 62.4 Å². The van der Waals surface area contributed by atoms with Crippen LogP contribution < -0.4 is 18.9 Å². The molecule has 10 aromatic heterocycles.